The van der Waals surface area contributed by atoms with Crippen LogP contribution in [0, 0.1) is 0 Å². The van der Waals surface area contributed by atoms with Gasteiger partial charge < -0.3 is 19.9 Å². The molecule has 1 amide bonds. The highest BCUT2D eigenvalue weighted by atomic mass is 32.2. The molecule has 0 aliphatic heterocycles. The van der Waals surface area contributed by atoms with E-state index in [1.807, 2.05) is 0 Å². The third kappa shape index (κ3) is 7.59. The summed E-state index contributed by atoms with van der Waals surface area (Å²) >= 11 is 1.78. The summed E-state index contributed by atoms with van der Waals surface area (Å²) < 4.78 is 10.8. The van der Waals surface area contributed by atoms with Gasteiger partial charge in [0.25, 0.3) is 5.91 Å². The van der Waals surface area contributed by atoms with Crippen molar-refractivity contribution in [2.45, 2.75) is 32.4 Å². The normalized spacial score (nSPS) is 11.0. The summed E-state index contributed by atoms with van der Waals surface area (Å²) in [5.41, 5.74) is 0.446. The Morgan fingerprint density at radius 3 is 2.50 bits per heavy atom. The molecule has 0 spiro atoms. The van der Waals surface area contributed by atoms with Crippen molar-refractivity contribution < 1.29 is 24.2 Å². The van der Waals surface area contributed by atoms with Gasteiger partial charge in [0.1, 0.15) is 0 Å². The van der Waals surface area contributed by atoms with E-state index in [1.165, 1.54) is 0 Å². The number of carbonyl (C=O) groups excluding carboxylic acids is 1. The van der Waals surface area contributed by atoms with Gasteiger partial charge >= 0.3 is 5.97 Å². The van der Waals surface area contributed by atoms with Crippen molar-refractivity contribution in [3.63, 3.8) is 0 Å². The molecule has 1 aromatic rings. The molecule has 0 saturated carbocycles. The molecule has 0 aromatic heterocycles. The Balaban J connectivity index is 2.68. The molecule has 7 heteroatoms. The zero-order valence-corrected chi connectivity index (χ0v) is 15.4. The lowest BCUT2D eigenvalue weighted by atomic mass is 10.2. The Morgan fingerprint density at radius 1 is 1.21 bits per heavy atom. The van der Waals surface area contributed by atoms with Crippen LogP contribution < -0.4 is 14.8 Å². The third-order valence-electron chi connectivity index (χ3n) is 2.78. The topological polar surface area (TPSA) is 84.9 Å². The van der Waals surface area contributed by atoms with Crippen LogP contribution in [0.15, 0.2) is 18.2 Å². The van der Waals surface area contributed by atoms with Gasteiger partial charge in [-0.25, -0.2) is 4.79 Å². The minimum absolute atomic E-state index is 0.163. The number of amides is 1. The van der Waals surface area contributed by atoms with Gasteiger partial charge in [-0.2, -0.15) is 11.8 Å². The van der Waals surface area contributed by atoms with Gasteiger partial charge in [0, 0.05) is 22.6 Å². The first-order chi connectivity index (χ1) is 11.2. The Labute approximate surface area is 146 Å². The summed E-state index contributed by atoms with van der Waals surface area (Å²) in [5.74, 6) is 0.216. The van der Waals surface area contributed by atoms with Crippen molar-refractivity contribution >= 4 is 23.6 Å². The van der Waals surface area contributed by atoms with Crippen molar-refractivity contribution in [2.24, 2.45) is 0 Å². The van der Waals surface area contributed by atoms with Gasteiger partial charge in [-0.05, 0) is 25.1 Å². The fourth-order valence-corrected chi connectivity index (χ4v) is 2.62. The van der Waals surface area contributed by atoms with Crippen LogP contribution in [0.1, 0.15) is 38.1 Å². The van der Waals surface area contributed by atoms with E-state index in [-0.39, 0.29) is 10.7 Å². The van der Waals surface area contributed by atoms with Crippen molar-refractivity contribution in [2.75, 3.05) is 25.5 Å². The highest BCUT2D eigenvalue weighted by Crippen LogP contribution is 2.28. The highest BCUT2D eigenvalue weighted by Gasteiger charge is 2.13. The average Bonchev–Trinajstić information content (AvgIpc) is 2.49. The lowest BCUT2D eigenvalue weighted by Gasteiger charge is -2.17. The zero-order valence-electron chi connectivity index (χ0n) is 14.5. The summed E-state index contributed by atoms with van der Waals surface area (Å²) in [6.45, 7) is 8.68. The first-order valence-electron chi connectivity index (χ1n) is 7.76. The second-order valence-electron chi connectivity index (χ2n) is 5.99. The van der Waals surface area contributed by atoms with Crippen LogP contribution in [0.2, 0.25) is 0 Å². The second-order valence-corrected chi connectivity index (χ2v) is 7.92. The van der Waals surface area contributed by atoms with E-state index in [0.29, 0.717) is 30.2 Å². The van der Waals surface area contributed by atoms with E-state index in [9.17, 15) is 9.59 Å². The molecule has 1 rings (SSSR count). The second kappa shape index (κ2) is 9.42. The van der Waals surface area contributed by atoms with Gasteiger partial charge in [0.15, 0.2) is 18.1 Å². The Hall–Kier alpha value is -1.89. The SMILES string of the molecule is CCOc1cc(C(=O)NCCSC(C)(C)C)ccc1OCC(=O)O. The number of hydrogen-bond donors (Lipinski definition) is 2. The monoisotopic (exact) mass is 355 g/mol. The molecule has 0 aliphatic carbocycles. The van der Waals surface area contributed by atoms with Gasteiger partial charge in [0.05, 0.1) is 6.61 Å². The molecule has 6 nitrogen and oxygen atoms in total. The largest absolute Gasteiger partial charge is 0.490 e. The predicted molar refractivity (Wildman–Crippen MR) is 95.3 cm³/mol. The fourth-order valence-electron chi connectivity index (χ4n) is 1.80. The van der Waals surface area contributed by atoms with Crippen molar-refractivity contribution in [1.29, 1.82) is 0 Å². The van der Waals surface area contributed by atoms with E-state index in [0.717, 1.165) is 5.75 Å². The van der Waals surface area contributed by atoms with Crippen LogP contribution >= 0.6 is 11.8 Å². The molecule has 0 bridgehead atoms. The fraction of sp³-hybridized carbons (Fsp3) is 0.529. The van der Waals surface area contributed by atoms with Gasteiger partial charge in [0.2, 0.25) is 0 Å². The van der Waals surface area contributed by atoms with Crippen molar-refractivity contribution in [3.8, 4) is 11.5 Å². The van der Waals surface area contributed by atoms with Gasteiger partial charge in [-0.3, -0.25) is 4.79 Å². The number of hydrogen-bond acceptors (Lipinski definition) is 5. The maximum Gasteiger partial charge on any atom is 0.341 e. The molecular formula is C17H25NO5S. The lowest BCUT2D eigenvalue weighted by molar-refractivity contribution is -0.139. The number of nitrogens with one attached hydrogen (secondary N) is 1. The van der Waals surface area contributed by atoms with Crippen LogP contribution in [-0.4, -0.2) is 47.2 Å². The van der Waals surface area contributed by atoms with Crippen LogP contribution in [0.4, 0.5) is 0 Å². The molecule has 0 heterocycles. The molecule has 0 unspecified atom stereocenters. The van der Waals surface area contributed by atoms with E-state index >= 15 is 0 Å². The first-order valence-corrected chi connectivity index (χ1v) is 8.75. The van der Waals surface area contributed by atoms with Gasteiger partial charge in [-0.1, -0.05) is 20.8 Å². The smallest absolute Gasteiger partial charge is 0.341 e. The molecule has 134 valence electrons. The summed E-state index contributed by atoms with van der Waals surface area (Å²) in [7, 11) is 0. The molecule has 0 saturated heterocycles. The summed E-state index contributed by atoms with van der Waals surface area (Å²) in [6, 6.07) is 4.70. The van der Waals surface area contributed by atoms with Crippen LogP contribution in [0.25, 0.3) is 0 Å². The minimum atomic E-state index is -1.07. The number of thioether (sulfide) groups is 1. The molecule has 0 fully saturated rings. The van der Waals surface area contributed by atoms with E-state index in [4.69, 9.17) is 14.6 Å². The summed E-state index contributed by atoms with van der Waals surface area (Å²) in [5, 5.41) is 11.5. The number of carbonyl (C=O) groups is 2. The van der Waals surface area contributed by atoms with Gasteiger partial charge in [-0.15, -0.1) is 0 Å². The van der Waals surface area contributed by atoms with Crippen molar-refractivity contribution in [3.05, 3.63) is 23.8 Å². The quantitative estimate of drug-likeness (QED) is 0.663. The number of rotatable bonds is 9. The number of benzene rings is 1. The lowest BCUT2D eigenvalue weighted by Crippen LogP contribution is -2.27. The van der Waals surface area contributed by atoms with E-state index in [1.54, 1.807) is 36.9 Å². The van der Waals surface area contributed by atoms with E-state index in [2.05, 4.69) is 26.1 Å². The van der Waals surface area contributed by atoms with Crippen LogP contribution in [0.5, 0.6) is 11.5 Å². The minimum Gasteiger partial charge on any atom is -0.490 e. The molecule has 0 aliphatic rings. The van der Waals surface area contributed by atoms with Crippen molar-refractivity contribution in [1.82, 2.24) is 5.32 Å². The van der Waals surface area contributed by atoms with E-state index < -0.39 is 12.6 Å². The highest BCUT2D eigenvalue weighted by molar-refractivity contribution is 8.00. The first kappa shape index (κ1) is 20.2. The summed E-state index contributed by atoms with van der Waals surface area (Å²) in [4.78, 5) is 22.8. The third-order valence-corrected chi connectivity index (χ3v) is 4.05. The summed E-state index contributed by atoms with van der Waals surface area (Å²) in [6.07, 6.45) is 0. The molecule has 2 N–H and O–H groups in total. The zero-order chi connectivity index (χ0) is 18.2. The maximum absolute atomic E-state index is 12.2. The maximum atomic E-state index is 12.2. The van der Waals surface area contributed by atoms with Crippen LogP contribution in [0.3, 0.4) is 0 Å². The molecule has 0 atom stereocenters. The molecular weight excluding hydrogens is 330 g/mol. The molecule has 24 heavy (non-hydrogen) atoms. The number of aliphatic carboxylic acids is 1. The molecule has 0 radical (unpaired) electrons. The standard InChI is InChI=1S/C17H25NO5S/c1-5-22-14-10-12(6-7-13(14)23-11-15(19)20)16(21)18-8-9-24-17(2,3)4/h6-7,10H,5,8-9,11H2,1-4H3,(H,18,21)(H,19,20). The average molecular weight is 355 g/mol. The van der Waals surface area contributed by atoms with Crippen LogP contribution in [-0.2, 0) is 4.79 Å². The number of carboxylic acid groups (broad SMARTS) is 1. The number of carboxylic acids is 1. The molecule has 1 aromatic carbocycles. The Kier molecular flexibility index (Phi) is 7.91. The Morgan fingerprint density at radius 2 is 1.92 bits per heavy atom. The number of ether oxygens (including phenoxy) is 2. The Bertz CT molecular complexity index is 569. The predicted octanol–water partition coefficient (Wildman–Crippen LogP) is 2.81.